The fourth-order valence-corrected chi connectivity index (χ4v) is 1.68. The molecular weight excluding hydrogens is 192 g/mol. The van der Waals surface area contributed by atoms with Gasteiger partial charge in [0, 0.05) is 37.6 Å². The first-order chi connectivity index (χ1) is 7.29. The fourth-order valence-electron chi connectivity index (χ4n) is 1.68. The summed E-state index contributed by atoms with van der Waals surface area (Å²) in [4.78, 5) is 10.6. The lowest BCUT2D eigenvalue weighted by Gasteiger charge is -2.29. The van der Waals surface area contributed by atoms with Crippen molar-refractivity contribution in [1.29, 1.82) is 0 Å². The van der Waals surface area contributed by atoms with Crippen molar-refractivity contribution >= 4 is 5.95 Å². The first-order valence-electron chi connectivity index (χ1n) is 5.23. The fraction of sp³-hybridized carbons (Fsp3) is 0.600. The molecule has 0 saturated carbocycles. The van der Waals surface area contributed by atoms with Gasteiger partial charge < -0.3 is 15.7 Å². The maximum absolute atomic E-state index is 9.37. The van der Waals surface area contributed by atoms with Gasteiger partial charge in [-0.3, -0.25) is 0 Å². The number of hydrogen-bond acceptors (Lipinski definition) is 5. The summed E-state index contributed by atoms with van der Waals surface area (Å²) < 4.78 is 0. The zero-order chi connectivity index (χ0) is 10.7. The van der Waals surface area contributed by atoms with E-state index in [1.807, 2.05) is 0 Å². The zero-order valence-electron chi connectivity index (χ0n) is 8.63. The Bertz CT molecular complexity index is 306. The van der Waals surface area contributed by atoms with Crippen molar-refractivity contribution in [2.45, 2.75) is 25.5 Å². The van der Waals surface area contributed by atoms with Gasteiger partial charge in [-0.2, -0.15) is 0 Å². The standard InChI is InChI=1S/C10H16N4O/c11-5-8-6-12-10(13-7-8)14-3-1-9(15)2-4-14/h6-7,9,15H,1-5,11H2. The van der Waals surface area contributed by atoms with Crippen LogP contribution in [0.4, 0.5) is 5.95 Å². The van der Waals surface area contributed by atoms with E-state index in [4.69, 9.17) is 5.73 Å². The van der Waals surface area contributed by atoms with Crippen LogP contribution >= 0.6 is 0 Å². The second kappa shape index (κ2) is 4.55. The Kier molecular flexibility index (Phi) is 3.13. The second-order valence-corrected chi connectivity index (χ2v) is 3.81. The van der Waals surface area contributed by atoms with E-state index >= 15 is 0 Å². The van der Waals surface area contributed by atoms with E-state index in [-0.39, 0.29) is 6.10 Å². The van der Waals surface area contributed by atoms with Crippen LogP contribution in [-0.2, 0) is 6.54 Å². The number of nitrogens with zero attached hydrogens (tertiary/aromatic N) is 3. The first kappa shape index (κ1) is 10.3. The molecule has 0 radical (unpaired) electrons. The molecule has 2 heterocycles. The third-order valence-electron chi connectivity index (χ3n) is 2.67. The van der Waals surface area contributed by atoms with Crippen LogP contribution in [0.5, 0.6) is 0 Å². The highest BCUT2D eigenvalue weighted by molar-refractivity contribution is 5.30. The SMILES string of the molecule is NCc1cnc(N2CCC(O)CC2)nc1. The van der Waals surface area contributed by atoms with Gasteiger partial charge in [0.2, 0.25) is 5.95 Å². The molecule has 0 amide bonds. The van der Waals surface area contributed by atoms with Crippen LogP contribution in [0.25, 0.3) is 0 Å². The molecule has 5 heteroatoms. The second-order valence-electron chi connectivity index (χ2n) is 3.81. The molecule has 15 heavy (non-hydrogen) atoms. The molecule has 0 aliphatic carbocycles. The number of rotatable bonds is 2. The van der Waals surface area contributed by atoms with E-state index < -0.39 is 0 Å². The summed E-state index contributed by atoms with van der Waals surface area (Å²) in [5.74, 6) is 0.735. The van der Waals surface area contributed by atoms with Crippen LogP contribution in [0, 0.1) is 0 Å². The number of aromatic nitrogens is 2. The number of anilines is 1. The monoisotopic (exact) mass is 208 g/mol. The molecule has 0 unspecified atom stereocenters. The Morgan fingerprint density at radius 2 is 1.93 bits per heavy atom. The molecule has 1 aliphatic rings. The molecular formula is C10H16N4O. The Morgan fingerprint density at radius 1 is 1.33 bits per heavy atom. The number of aliphatic hydroxyl groups excluding tert-OH is 1. The molecule has 5 nitrogen and oxygen atoms in total. The molecule has 82 valence electrons. The van der Waals surface area contributed by atoms with Crippen LogP contribution in [0.3, 0.4) is 0 Å². The molecule has 0 atom stereocenters. The number of piperidine rings is 1. The van der Waals surface area contributed by atoms with Crippen LogP contribution in [0.1, 0.15) is 18.4 Å². The maximum atomic E-state index is 9.37. The topological polar surface area (TPSA) is 75.3 Å². The van der Waals surface area contributed by atoms with Crippen molar-refractivity contribution in [1.82, 2.24) is 9.97 Å². The summed E-state index contributed by atoms with van der Waals surface area (Å²) in [6, 6.07) is 0. The van der Waals surface area contributed by atoms with Gasteiger partial charge in [-0.1, -0.05) is 0 Å². The summed E-state index contributed by atoms with van der Waals surface area (Å²) in [6.07, 6.45) is 4.94. The smallest absolute Gasteiger partial charge is 0.225 e. The van der Waals surface area contributed by atoms with E-state index in [2.05, 4.69) is 14.9 Å². The van der Waals surface area contributed by atoms with Crippen LogP contribution in [0.15, 0.2) is 12.4 Å². The minimum atomic E-state index is -0.162. The van der Waals surface area contributed by atoms with Crippen LogP contribution in [-0.4, -0.2) is 34.3 Å². The summed E-state index contributed by atoms with van der Waals surface area (Å²) in [5, 5.41) is 9.37. The van der Waals surface area contributed by atoms with Crippen molar-refractivity contribution in [3.63, 3.8) is 0 Å². The summed E-state index contributed by atoms with van der Waals surface area (Å²) in [5.41, 5.74) is 6.41. The summed E-state index contributed by atoms with van der Waals surface area (Å²) >= 11 is 0. The van der Waals surface area contributed by atoms with Gasteiger partial charge in [0.1, 0.15) is 0 Å². The molecule has 0 bridgehead atoms. The predicted octanol–water partition coefficient (Wildman–Crippen LogP) is -0.104. The van der Waals surface area contributed by atoms with Crippen molar-refractivity contribution in [3.8, 4) is 0 Å². The van der Waals surface area contributed by atoms with E-state index in [1.165, 1.54) is 0 Å². The number of hydrogen-bond donors (Lipinski definition) is 2. The van der Waals surface area contributed by atoms with Gasteiger partial charge in [0.25, 0.3) is 0 Å². The third kappa shape index (κ3) is 2.43. The maximum Gasteiger partial charge on any atom is 0.225 e. The molecule has 2 rings (SSSR count). The van der Waals surface area contributed by atoms with Gasteiger partial charge in [0.15, 0.2) is 0 Å². The highest BCUT2D eigenvalue weighted by Crippen LogP contribution is 2.15. The van der Waals surface area contributed by atoms with Gasteiger partial charge in [0.05, 0.1) is 6.10 Å². The zero-order valence-corrected chi connectivity index (χ0v) is 8.63. The lowest BCUT2D eigenvalue weighted by molar-refractivity contribution is 0.145. The van der Waals surface area contributed by atoms with E-state index in [1.54, 1.807) is 12.4 Å². The lowest BCUT2D eigenvalue weighted by atomic mass is 10.1. The van der Waals surface area contributed by atoms with Crippen LogP contribution < -0.4 is 10.6 Å². The minimum absolute atomic E-state index is 0.162. The average Bonchev–Trinajstić information content (AvgIpc) is 2.30. The molecule has 0 spiro atoms. The van der Waals surface area contributed by atoms with Crippen molar-refractivity contribution in [3.05, 3.63) is 18.0 Å². The van der Waals surface area contributed by atoms with Crippen LogP contribution in [0.2, 0.25) is 0 Å². The van der Waals surface area contributed by atoms with Gasteiger partial charge in [-0.05, 0) is 12.8 Å². The molecule has 0 aromatic carbocycles. The highest BCUT2D eigenvalue weighted by Gasteiger charge is 2.18. The summed E-state index contributed by atoms with van der Waals surface area (Å²) in [6.45, 7) is 2.12. The quantitative estimate of drug-likeness (QED) is 0.709. The number of nitrogens with two attached hydrogens (primary N) is 1. The van der Waals surface area contributed by atoms with Gasteiger partial charge in [-0.15, -0.1) is 0 Å². The minimum Gasteiger partial charge on any atom is -0.393 e. The molecule has 1 saturated heterocycles. The molecule has 1 aromatic rings. The highest BCUT2D eigenvalue weighted by atomic mass is 16.3. The molecule has 3 N–H and O–H groups in total. The van der Waals surface area contributed by atoms with Crippen molar-refractivity contribution in [2.24, 2.45) is 5.73 Å². The average molecular weight is 208 g/mol. The van der Waals surface area contributed by atoms with Crippen molar-refractivity contribution in [2.75, 3.05) is 18.0 Å². The van der Waals surface area contributed by atoms with E-state index in [0.717, 1.165) is 37.4 Å². The Labute approximate surface area is 88.9 Å². The normalized spacial score (nSPS) is 18.1. The lowest BCUT2D eigenvalue weighted by Crippen LogP contribution is -2.36. The Hall–Kier alpha value is -1.20. The predicted molar refractivity (Wildman–Crippen MR) is 57.4 cm³/mol. The molecule has 1 aliphatic heterocycles. The molecule has 1 fully saturated rings. The molecule has 1 aromatic heterocycles. The first-order valence-corrected chi connectivity index (χ1v) is 5.23. The Balaban J connectivity index is 2.03. The Morgan fingerprint density at radius 3 is 2.47 bits per heavy atom. The largest absolute Gasteiger partial charge is 0.393 e. The van der Waals surface area contributed by atoms with E-state index in [9.17, 15) is 5.11 Å². The number of aliphatic hydroxyl groups is 1. The van der Waals surface area contributed by atoms with E-state index in [0.29, 0.717) is 6.54 Å². The van der Waals surface area contributed by atoms with Gasteiger partial charge in [-0.25, -0.2) is 9.97 Å². The summed E-state index contributed by atoms with van der Waals surface area (Å²) in [7, 11) is 0. The van der Waals surface area contributed by atoms with Crippen molar-refractivity contribution < 1.29 is 5.11 Å². The third-order valence-corrected chi connectivity index (χ3v) is 2.67. The van der Waals surface area contributed by atoms with Gasteiger partial charge >= 0.3 is 0 Å².